The fraction of sp³-hybridized carbons (Fsp3) is 0. The van der Waals surface area contributed by atoms with Gasteiger partial charge in [-0.1, -0.05) is 12.1 Å². The summed E-state index contributed by atoms with van der Waals surface area (Å²) in [5.74, 6) is -4.59. The molecule has 0 saturated carbocycles. The van der Waals surface area contributed by atoms with E-state index in [2.05, 4.69) is 4.74 Å². The molecule has 0 unspecified atom stereocenters. The van der Waals surface area contributed by atoms with Gasteiger partial charge in [0, 0.05) is 5.39 Å². The Morgan fingerprint density at radius 3 is 2.24 bits per heavy atom. The van der Waals surface area contributed by atoms with Crippen LogP contribution < -0.4 is 0 Å². The maximum absolute atomic E-state index is 11.7. The molecule has 7 nitrogen and oxygen atoms in total. The molecule has 0 amide bonds. The van der Waals surface area contributed by atoms with E-state index in [4.69, 9.17) is 0 Å². The van der Waals surface area contributed by atoms with Crippen LogP contribution in [0.5, 0.6) is 0 Å². The van der Waals surface area contributed by atoms with Gasteiger partial charge in [0.05, 0.1) is 22.3 Å². The van der Waals surface area contributed by atoms with Crippen LogP contribution in [0.3, 0.4) is 0 Å². The molecule has 2 aromatic carbocycles. The number of hydrogen-bond donors (Lipinski definition) is 2. The molecule has 104 valence electrons. The minimum absolute atomic E-state index is 0.0700. The highest BCUT2D eigenvalue weighted by Crippen LogP contribution is 2.33. The number of carboxylic acid groups (broad SMARTS) is 2. The van der Waals surface area contributed by atoms with Crippen LogP contribution in [0.25, 0.3) is 10.8 Å². The lowest BCUT2D eigenvalue weighted by atomic mass is 9.92. The number of benzene rings is 2. The molecule has 1 aliphatic rings. The van der Waals surface area contributed by atoms with Gasteiger partial charge in [0.25, 0.3) is 0 Å². The predicted molar refractivity (Wildman–Crippen MR) is 67.6 cm³/mol. The summed E-state index contributed by atoms with van der Waals surface area (Å²) < 4.78 is 4.46. The van der Waals surface area contributed by atoms with Crippen molar-refractivity contribution in [2.75, 3.05) is 0 Å². The molecule has 0 saturated heterocycles. The van der Waals surface area contributed by atoms with Crippen LogP contribution in [0.2, 0.25) is 0 Å². The van der Waals surface area contributed by atoms with E-state index in [-0.39, 0.29) is 33.0 Å². The van der Waals surface area contributed by atoms with Crippen molar-refractivity contribution in [3.63, 3.8) is 0 Å². The van der Waals surface area contributed by atoms with Crippen LogP contribution in [0.1, 0.15) is 41.4 Å². The second-order valence-electron chi connectivity index (χ2n) is 4.36. The molecule has 2 N–H and O–H groups in total. The van der Waals surface area contributed by atoms with E-state index < -0.39 is 23.9 Å². The van der Waals surface area contributed by atoms with E-state index in [1.165, 1.54) is 18.2 Å². The lowest BCUT2D eigenvalue weighted by Gasteiger charge is -2.08. The van der Waals surface area contributed by atoms with Crippen LogP contribution in [0, 0.1) is 0 Å². The number of hydrogen-bond acceptors (Lipinski definition) is 5. The van der Waals surface area contributed by atoms with Crippen molar-refractivity contribution in [2.24, 2.45) is 0 Å². The third-order valence-electron chi connectivity index (χ3n) is 3.23. The van der Waals surface area contributed by atoms with Crippen LogP contribution in [-0.2, 0) is 4.74 Å². The first-order chi connectivity index (χ1) is 9.91. The molecule has 7 heteroatoms. The Kier molecular flexibility index (Phi) is 2.52. The molecule has 1 heterocycles. The summed E-state index contributed by atoms with van der Waals surface area (Å²) in [5.41, 5.74) is -0.913. The van der Waals surface area contributed by atoms with Gasteiger partial charge >= 0.3 is 23.9 Å². The first kappa shape index (κ1) is 12.8. The minimum atomic E-state index is -1.40. The first-order valence-corrected chi connectivity index (χ1v) is 5.74. The highest BCUT2D eigenvalue weighted by atomic mass is 16.6. The Hall–Kier alpha value is -3.22. The smallest absolute Gasteiger partial charge is 0.347 e. The van der Waals surface area contributed by atoms with Crippen molar-refractivity contribution >= 4 is 34.6 Å². The second-order valence-corrected chi connectivity index (χ2v) is 4.36. The molecule has 3 rings (SSSR count). The maximum Gasteiger partial charge on any atom is 0.347 e. The molecule has 0 bridgehead atoms. The summed E-state index contributed by atoms with van der Waals surface area (Å²) in [6.45, 7) is 0. The molecule has 0 spiro atoms. The Balaban J connectivity index is 2.57. The Morgan fingerprint density at radius 2 is 1.62 bits per heavy atom. The van der Waals surface area contributed by atoms with Gasteiger partial charge < -0.3 is 14.9 Å². The lowest BCUT2D eigenvalue weighted by molar-refractivity contribution is 0.0443. The van der Waals surface area contributed by atoms with E-state index >= 15 is 0 Å². The summed E-state index contributed by atoms with van der Waals surface area (Å²) >= 11 is 0. The summed E-state index contributed by atoms with van der Waals surface area (Å²) in [6, 6.07) is 4.95. The second kappa shape index (κ2) is 4.14. The van der Waals surface area contributed by atoms with Crippen molar-refractivity contribution in [1.29, 1.82) is 0 Å². The number of esters is 2. The van der Waals surface area contributed by atoms with Crippen LogP contribution >= 0.6 is 0 Å². The van der Waals surface area contributed by atoms with E-state index in [0.29, 0.717) is 0 Å². The summed E-state index contributed by atoms with van der Waals surface area (Å²) in [6.07, 6.45) is 0. The molecule has 0 aromatic heterocycles. The molecule has 21 heavy (non-hydrogen) atoms. The van der Waals surface area contributed by atoms with E-state index in [1.54, 1.807) is 0 Å². The number of rotatable bonds is 2. The summed E-state index contributed by atoms with van der Waals surface area (Å²) in [5, 5.41) is 18.4. The fourth-order valence-corrected chi connectivity index (χ4v) is 2.40. The molecule has 0 radical (unpaired) electrons. The minimum Gasteiger partial charge on any atom is -0.478 e. The highest BCUT2D eigenvalue weighted by molar-refractivity contribution is 6.25. The van der Waals surface area contributed by atoms with Gasteiger partial charge in [0.15, 0.2) is 0 Å². The van der Waals surface area contributed by atoms with Gasteiger partial charge in [-0.2, -0.15) is 0 Å². The standard InChI is InChI=1S/C14H6O7/c15-11(16)6-3-1-2-5-9(6)7(12(17)18)4-8-10(5)14(20)21-13(8)19/h1-4H,(H,15,16)(H,17,18). The average Bonchev–Trinajstić information content (AvgIpc) is 2.72. The van der Waals surface area contributed by atoms with Crippen LogP contribution in [-0.4, -0.2) is 34.1 Å². The maximum atomic E-state index is 11.7. The molecule has 0 atom stereocenters. The van der Waals surface area contributed by atoms with Crippen molar-refractivity contribution < 1.29 is 34.1 Å². The molecular formula is C14H6O7. The Labute approximate surface area is 116 Å². The normalized spacial score (nSPS) is 13.1. The fourth-order valence-electron chi connectivity index (χ4n) is 2.40. The summed E-state index contributed by atoms with van der Waals surface area (Å²) in [4.78, 5) is 45.9. The van der Waals surface area contributed by atoms with Gasteiger partial charge in [-0.3, -0.25) is 0 Å². The quantitative estimate of drug-likeness (QED) is 0.635. The first-order valence-electron chi connectivity index (χ1n) is 5.74. The van der Waals surface area contributed by atoms with Crippen molar-refractivity contribution in [3.8, 4) is 0 Å². The molecular weight excluding hydrogens is 280 g/mol. The van der Waals surface area contributed by atoms with Crippen molar-refractivity contribution in [1.82, 2.24) is 0 Å². The van der Waals surface area contributed by atoms with Crippen LogP contribution in [0.4, 0.5) is 0 Å². The monoisotopic (exact) mass is 286 g/mol. The molecule has 1 aliphatic heterocycles. The van der Waals surface area contributed by atoms with Gasteiger partial charge in [0.1, 0.15) is 0 Å². The zero-order valence-electron chi connectivity index (χ0n) is 10.2. The summed E-state index contributed by atoms with van der Waals surface area (Å²) in [7, 11) is 0. The van der Waals surface area contributed by atoms with E-state index in [0.717, 1.165) is 6.07 Å². The molecule has 2 aromatic rings. The van der Waals surface area contributed by atoms with Crippen molar-refractivity contribution in [2.45, 2.75) is 0 Å². The van der Waals surface area contributed by atoms with E-state index in [1.807, 2.05) is 0 Å². The molecule has 0 aliphatic carbocycles. The van der Waals surface area contributed by atoms with Crippen LogP contribution in [0.15, 0.2) is 24.3 Å². The zero-order chi connectivity index (χ0) is 15.3. The lowest BCUT2D eigenvalue weighted by Crippen LogP contribution is -2.07. The van der Waals surface area contributed by atoms with E-state index in [9.17, 15) is 29.4 Å². The number of cyclic esters (lactones) is 2. The number of carboxylic acids is 2. The van der Waals surface area contributed by atoms with Gasteiger partial charge in [-0.25, -0.2) is 19.2 Å². The predicted octanol–water partition coefficient (Wildman–Crippen LogP) is 1.55. The third kappa shape index (κ3) is 1.68. The van der Waals surface area contributed by atoms with Gasteiger partial charge in [-0.05, 0) is 17.5 Å². The van der Waals surface area contributed by atoms with Crippen molar-refractivity contribution in [3.05, 3.63) is 46.5 Å². The number of fused-ring (bicyclic) bond motifs is 3. The Bertz CT molecular complexity index is 863. The molecule has 0 fully saturated rings. The van der Waals surface area contributed by atoms with Gasteiger partial charge in [-0.15, -0.1) is 0 Å². The topological polar surface area (TPSA) is 118 Å². The number of carbonyl (C=O) groups is 4. The Morgan fingerprint density at radius 1 is 0.952 bits per heavy atom. The van der Waals surface area contributed by atoms with Gasteiger partial charge in [0.2, 0.25) is 0 Å². The highest BCUT2D eigenvalue weighted by Gasteiger charge is 2.34. The zero-order valence-corrected chi connectivity index (χ0v) is 10.2. The number of carbonyl (C=O) groups excluding carboxylic acids is 2. The average molecular weight is 286 g/mol. The third-order valence-corrected chi connectivity index (χ3v) is 3.23. The largest absolute Gasteiger partial charge is 0.478 e. The number of ether oxygens (including phenoxy) is 1. The SMILES string of the molecule is O=C1OC(=O)c2c1cc(C(=O)O)c1c(C(=O)O)cccc21. The number of aromatic carboxylic acids is 2.